The summed E-state index contributed by atoms with van der Waals surface area (Å²) < 4.78 is 0. The Morgan fingerprint density at radius 3 is 3.05 bits per heavy atom. The van der Waals surface area contributed by atoms with E-state index in [4.69, 9.17) is 5.73 Å². The van der Waals surface area contributed by atoms with Gasteiger partial charge in [-0.2, -0.15) is 0 Å². The minimum absolute atomic E-state index is 0.0615. The first kappa shape index (κ1) is 11.7. The maximum Gasteiger partial charge on any atom is 0.304 e. The molecule has 0 radical (unpaired) electrons. The number of hydrogen-bond acceptors (Lipinski definition) is 6. The number of thiazole rings is 1. The zero-order valence-electron chi connectivity index (χ0n) is 9.88. The number of hydrogen-bond donors (Lipinski definition) is 3. The van der Waals surface area contributed by atoms with E-state index in [0.29, 0.717) is 18.1 Å². The molecule has 0 unspecified atom stereocenters. The van der Waals surface area contributed by atoms with Gasteiger partial charge < -0.3 is 16.0 Å². The Morgan fingerprint density at radius 2 is 2.26 bits per heavy atom. The number of rotatable bonds is 3. The van der Waals surface area contributed by atoms with E-state index in [1.807, 2.05) is 12.1 Å². The Morgan fingerprint density at radius 1 is 1.37 bits per heavy atom. The summed E-state index contributed by atoms with van der Waals surface area (Å²) >= 11 is 1.14. The van der Waals surface area contributed by atoms with Crippen molar-refractivity contribution in [1.82, 2.24) is 15.0 Å². The van der Waals surface area contributed by atoms with E-state index < -0.39 is 0 Å². The Labute approximate surface area is 112 Å². The summed E-state index contributed by atoms with van der Waals surface area (Å²) in [7, 11) is 0. The van der Waals surface area contributed by atoms with E-state index in [-0.39, 0.29) is 4.87 Å². The predicted molar refractivity (Wildman–Crippen MR) is 76.2 cm³/mol. The third-order valence-electron chi connectivity index (χ3n) is 2.68. The molecule has 0 spiro atoms. The number of nitrogens with one attached hydrogen (secondary N) is 2. The van der Waals surface area contributed by atoms with Crippen LogP contribution in [0.3, 0.4) is 0 Å². The quantitative estimate of drug-likeness (QED) is 0.629. The van der Waals surface area contributed by atoms with Crippen LogP contribution in [-0.4, -0.2) is 15.0 Å². The summed E-state index contributed by atoms with van der Waals surface area (Å²) in [5, 5.41) is 5.82. The highest BCUT2D eigenvalue weighted by molar-refractivity contribution is 7.07. The summed E-state index contributed by atoms with van der Waals surface area (Å²) in [6.07, 6.45) is 1.50. The van der Waals surface area contributed by atoms with Gasteiger partial charge in [0, 0.05) is 22.1 Å². The molecule has 2 heterocycles. The molecule has 0 atom stereocenters. The molecule has 6 nitrogen and oxygen atoms in total. The van der Waals surface area contributed by atoms with E-state index in [1.165, 1.54) is 6.33 Å². The van der Waals surface area contributed by atoms with Crippen LogP contribution >= 0.6 is 11.3 Å². The molecule has 2 aromatic heterocycles. The van der Waals surface area contributed by atoms with Crippen molar-refractivity contribution in [2.24, 2.45) is 0 Å². The van der Waals surface area contributed by atoms with E-state index in [2.05, 4.69) is 20.3 Å². The monoisotopic (exact) mass is 273 g/mol. The van der Waals surface area contributed by atoms with Gasteiger partial charge in [-0.15, -0.1) is 0 Å². The average molecular weight is 273 g/mol. The molecule has 3 rings (SSSR count). The molecule has 0 aliphatic rings. The van der Waals surface area contributed by atoms with Gasteiger partial charge in [0.25, 0.3) is 0 Å². The molecular formula is C12H11N5OS. The number of aromatic nitrogens is 3. The first-order chi connectivity index (χ1) is 9.22. The molecular weight excluding hydrogens is 262 g/mol. The van der Waals surface area contributed by atoms with Crippen molar-refractivity contribution in [2.45, 2.75) is 6.54 Å². The third kappa shape index (κ3) is 2.41. The first-order valence-corrected chi connectivity index (χ1v) is 6.51. The fourth-order valence-electron chi connectivity index (χ4n) is 1.79. The SMILES string of the molecule is Nc1ccc2ncnc(NCc3csc(=O)[nH]3)c2c1. The van der Waals surface area contributed by atoms with Crippen LogP contribution in [0.2, 0.25) is 0 Å². The minimum Gasteiger partial charge on any atom is -0.399 e. The zero-order valence-corrected chi connectivity index (χ0v) is 10.7. The van der Waals surface area contributed by atoms with Crippen LogP contribution < -0.4 is 15.9 Å². The van der Waals surface area contributed by atoms with Crippen molar-refractivity contribution in [3.63, 3.8) is 0 Å². The average Bonchev–Trinajstić information content (AvgIpc) is 2.82. The fraction of sp³-hybridized carbons (Fsp3) is 0.0833. The van der Waals surface area contributed by atoms with Crippen molar-refractivity contribution in [1.29, 1.82) is 0 Å². The molecule has 1 aromatic carbocycles. The van der Waals surface area contributed by atoms with E-state index >= 15 is 0 Å². The van der Waals surface area contributed by atoms with Crippen LogP contribution in [0.5, 0.6) is 0 Å². The van der Waals surface area contributed by atoms with Gasteiger partial charge in [0.2, 0.25) is 0 Å². The summed E-state index contributed by atoms with van der Waals surface area (Å²) in [6, 6.07) is 5.48. The topological polar surface area (TPSA) is 96.7 Å². The smallest absolute Gasteiger partial charge is 0.304 e. The summed E-state index contributed by atoms with van der Waals surface area (Å²) in [6.45, 7) is 0.500. The number of H-pyrrole nitrogens is 1. The van der Waals surface area contributed by atoms with Crippen LogP contribution in [0.4, 0.5) is 11.5 Å². The van der Waals surface area contributed by atoms with Crippen molar-refractivity contribution in [2.75, 3.05) is 11.1 Å². The van der Waals surface area contributed by atoms with Crippen LogP contribution in [0, 0.1) is 0 Å². The molecule has 3 aromatic rings. The minimum atomic E-state index is -0.0615. The molecule has 0 bridgehead atoms. The second-order valence-corrected chi connectivity index (χ2v) is 4.87. The second kappa shape index (κ2) is 4.69. The molecule has 0 aliphatic carbocycles. The lowest BCUT2D eigenvalue weighted by molar-refractivity contribution is 1.04. The van der Waals surface area contributed by atoms with Crippen LogP contribution in [0.15, 0.2) is 34.7 Å². The molecule has 7 heteroatoms. The Bertz CT molecular complexity index is 779. The standard InChI is InChI=1S/C12H11N5OS/c13-7-1-2-10-9(3-7)11(16-6-15-10)14-4-8-5-19-12(18)17-8/h1-3,5-6H,4,13H2,(H,17,18)(H,14,15,16). The predicted octanol–water partition coefficient (Wildman–Crippen LogP) is 1.57. The summed E-state index contributed by atoms with van der Waals surface area (Å²) in [4.78, 5) is 22.1. The van der Waals surface area contributed by atoms with Crippen LogP contribution in [0.1, 0.15) is 5.69 Å². The van der Waals surface area contributed by atoms with Gasteiger partial charge in [0.15, 0.2) is 0 Å². The van der Waals surface area contributed by atoms with Crippen molar-refractivity contribution in [3.05, 3.63) is 45.3 Å². The van der Waals surface area contributed by atoms with Gasteiger partial charge in [0.1, 0.15) is 12.1 Å². The lowest BCUT2D eigenvalue weighted by Gasteiger charge is -2.07. The molecule has 4 N–H and O–H groups in total. The number of aromatic amines is 1. The highest BCUT2D eigenvalue weighted by Gasteiger charge is 2.04. The molecule has 0 aliphatic heterocycles. The van der Waals surface area contributed by atoms with E-state index in [1.54, 1.807) is 11.4 Å². The van der Waals surface area contributed by atoms with Crippen LogP contribution in [-0.2, 0) is 6.54 Å². The Kier molecular flexibility index (Phi) is 2.88. The lowest BCUT2D eigenvalue weighted by Crippen LogP contribution is -2.05. The van der Waals surface area contributed by atoms with Gasteiger partial charge in [-0.1, -0.05) is 11.3 Å². The van der Waals surface area contributed by atoms with Crippen molar-refractivity contribution < 1.29 is 0 Å². The van der Waals surface area contributed by atoms with Gasteiger partial charge >= 0.3 is 4.87 Å². The lowest BCUT2D eigenvalue weighted by atomic mass is 10.2. The molecule has 96 valence electrons. The number of fused-ring (bicyclic) bond motifs is 1. The van der Waals surface area contributed by atoms with Gasteiger partial charge in [-0.05, 0) is 18.2 Å². The number of nitrogens with zero attached hydrogens (tertiary/aromatic N) is 2. The maximum absolute atomic E-state index is 11.1. The highest BCUT2D eigenvalue weighted by Crippen LogP contribution is 2.21. The van der Waals surface area contributed by atoms with E-state index in [9.17, 15) is 4.79 Å². The van der Waals surface area contributed by atoms with Crippen LogP contribution in [0.25, 0.3) is 10.9 Å². The number of benzene rings is 1. The number of anilines is 2. The van der Waals surface area contributed by atoms with Crippen molar-refractivity contribution >= 4 is 33.7 Å². The van der Waals surface area contributed by atoms with Crippen molar-refractivity contribution in [3.8, 4) is 0 Å². The Balaban J connectivity index is 1.92. The van der Waals surface area contributed by atoms with E-state index in [0.717, 1.165) is 27.9 Å². The molecule has 0 amide bonds. The fourth-order valence-corrected chi connectivity index (χ4v) is 2.38. The zero-order chi connectivity index (χ0) is 13.2. The largest absolute Gasteiger partial charge is 0.399 e. The third-order valence-corrected chi connectivity index (χ3v) is 3.40. The Hall–Kier alpha value is -2.41. The molecule has 0 saturated heterocycles. The second-order valence-electron chi connectivity index (χ2n) is 4.03. The summed E-state index contributed by atoms with van der Waals surface area (Å²) in [5.74, 6) is 0.698. The molecule has 0 fully saturated rings. The first-order valence-electron chi connectivity index (χ1n) is 5.63. The number of nitrogens with two attached hydrogens (primary N) is 1. The normalized spacial score (nSPS) is 10.7. The highest BCUT2D eigenvalue weighted by atomic mass is 32.1. The molecule has 19 heavy (non-hydrogen) atoms. The van der Waals surface area contributed by atoms with Gasteiger partial charge in [-0.3, -0.25) is 4.79 Å². The van der Waals surface area contributed by atoms with Gasteiger partial charge in [-0.25, -0.2) is 9.97 Å². The van der Waals surface area contributed by atoms with Gasteiger partial charge in [0.05, 0.1) is 12.1 Å². The number of nitrogen functional groups attached to an aromatic ring is 1. The summed E-state index contributed by atoms with van der Waals surface area (Å²) in [5.41, 5.74) is 8.08. The maximum atomic E-state index is 11.1. The molecule has 0 saturated carbocycles.